The lowest BCUT2D eigenvalue weighted by Crippen LogP contribution is -2.37. The first-order chi connectivity index (χ1) is 13.2. The van der Waals surface area contributed by atoms with Crippen LogP contribution in [0.15, 0.2) is 42.6 Å². The highest BCUT2D eigenvalue weighted by Gasteiger charge is 2.25. The molecule has 1 aromatic carbocycles. The minimum absolute atomic E-state index is 0.0960. The molecule has 2 aromatic rings. The summed E-state index contributed by atoms with van der Waals surface area (Å²) >= 11 is 0. The predicted octanol–water partition coefficient (Wildman–Crippen LogP) is 3.46. The van der Waals surface area contributed by atoms with Crippen LogP contribution in [0.25, 0.3) is 0 Å². The van der Waals surface area contributed by atoms with Gasteiger partial charge in [0.15, 0.2) is 6.61 Å². The van der Waals surface area contributed by atoms with Crippen molar-refractivity contribution in [3.8, 4) is 5.75 Å². The average Bonchev–Trinajstić information content (AvgIpc) is 3.39. The van der Waals surface area contributed by atoms with Gasteiger partial charge >= 0.3 is 0 Å². The average molecular weight is 367 g/mol. The monoisotopic (exact) mass is 367 g/mol. The van der Waals surface area contributed by atoms with Crippen molar-refractivity contribution in [2.75, 3.05) is 26.2 Å². The highest BCUT2D eigenvalue weighted by Crippen LogP contribution is 2.30. The van der Waals surface area contributed by atoms with E-state index in [-0.39, 0.29) is 12.5 Å². The molecule has 1 amide bonds. The Balaban J connectivity index is 1.33. The fourth-order valence-corrected chi connectivity index (χ4v) is 4.30. The van der Waals surface area contributed by atoms with Crippen molar-refractivity contribution in [1.82, 2.24) is 14.4 Å². The van der Waals surface area contributed by atoms with Crippen molar-refractivity contribution < 1.29 is 9.53 Å². The maximum absolute atomic E-state index is 12.1. The van der Waals surface area contributed by atoms with Crippen LogP contribution in [-0.2, 0) is 17.9 Å². The van der Waals surface area contributed by atoms with Crippen LogP contribution in [0.2, 0.25) is 0 Å². The lowest BCUT2D eigenvalue weighted by atomic mass is 10.1. The van der Waals surface area contributed by atoms with Crippen LogP contribution in [-0.4, -0.2) is 46.5 Å². The first-order valence-electron chi connectivity index (χ1n) is 10.1. The second-order valence-corrected chi connectivity index (χ2v) is 7.54. The van der Waals surface area contributed by atoms with E-state index in [1.54, 1.807) is 0 Å². The van der Waals surface area contributed by atoms with E-state index < -0.39 is 0 Å². The number of ether oxygens (including phenoxy) is 1. The molecule has 1 aromatic heterocycles. The molecule has 3 heterocycles. The van der Waals surface area contributed by atoms with E-state index in [2.05, 4.69) is 46.9 Å². The van der Waals surface area contributed by atoms with Gasteiger partial charge in [0, 0.05) is 44.6 Å². The van der Waals surface area contributed by atoms with Crippen molar-refractivity contribution in [2.45, 2.75) is 45.3 Å². The van der Waals surface area contributed by atoms with Crippen molar-refractivity contribution in [1.29, 1.82) is 0 Å². The van der Waals surface area contributed by atoms with Crippen molar-refractivity contribution in [3.05, 3.63) is 53.9 Å². The molecule has 0 saturated carbocycles. The lowest BCUT2D eigenvalue weighted by molar-refractivity contribution is -0.132. The summed E-state index contributed by atoms with van der Waals surface area (Å²) in [5, 5.41) is 0. The fraction of sp³-hybridized carbons (Fsp3) is 0.500. The van der Waals surface area contributed by atoms with Crippen LogP contribution in [0.3, 0.4) is 0 Å². The number of hydrogen-bond acceptors (Lipinski definition) is 3. The maximum Gasteiger partial charge on any atom is 0.260 e. The van der Waals surface area contributed by atoms with Gasteiger partial charge in [-0.3, -0.25) is 9.69 Å². The van der Waals surface area contributed by atoms with Gasteiger partial charge in [-0.2, -0.15) is 0 Å². The SMILES string of the molecule is CC[C@H]1c2cccn2CCN1Cc1ccc(OCC(=O)N2CCCC2)cc1. The molecule has 0 spiro atoms. The number of nitrogens with zero attached hydrogens (tertiary/aromatic N) is 3. The van der Waals surface area contributed by atoms with Crippen LogP contribution >= 0.6 is 0 Å². The molecule has 2 aliphatic rings. The highest BCUT2D eigenvalue weighted by atomic mass is 16.5. The number of likely N-dealkylation sites (tertiary alicyclic amines) is 1. The third-order valence-corrected chi connectivity index (χ3v) is 5.79. The molecule has 27 heavy (non-hydrogen) atoms. The fourth-order valence-electron chi connectivity index (χ4n) is 4.30. The molecule has 0 aliphatic carbocycles. The Labute approximate surface area is 161 Å². The third-order valence-electron chi connectivity index (χ3n) is 5.79. The number of amides is 1. The summed E-state index contributed by atoms with van der Waals surface area (Å²) in [6, 6.07) is 13.1. The summed E-state index contributed by atoms with van der Waals surface area (Å²) in [5.41, 5.74) is 2.70. The van der Waals surface area contributed by atoms with E-state index in [4.69, 9.17) is 4.74 Å². The van der Waals surface area contributed by atoms with E-state index in [1.807, 2.05) is 17.0 Å². The van der Waals surface area contributed by atoms with E-state index in [1.165, 1.54) is 11.3 Å². The molecule has 0 N–H and O–H groups in total. The number of rotatable bonds is 6. The van der Waals surface area contributed by atoms with E-state index in [0.717, 1.165) is 57.7 Å². The van der Waals surface area contributed by atoms with Crippen LogP contribution in [0.4, 0.5) is 0 Å². The minimum Gasteiger partial charge on any atom is -0.484 e. The first kappa shape index (κ1) is 18.1. The van der Waals surface area contributed by atoms with E-state index in [0.29, 0.717) is 6.04 Å². The normalized spacial score (nSPS) is 19.9. The minimum atomic E-state index is 0.0960. The van der Waals surface area contributed by atoms with Crippen molar-refractivity contribution in [2.24, 2.45) is 0 Å². The van der Waals surface area contributed by atoms with Gasteiger partial charge in [0.2, 0.25) is 0 Å². The highest BCUT2D eigenvalue weighted by molar-refractivity contribution is 5.78. The number of carbonyl (C=O) groups excluding carboxylic acids is 1. The van der Waals surface area contributed by atoms with Gasteiger partial charge in [-0.05, 0) is 49.1 Å². The van der Waals surface area contributed by atoms with Crippen molar-refractivity contribution in [3.63, 3.8) is 0 Å². The van der Waals surface area contributed by atoms with Gasteiger partial charge in [0.05, 0.1) is 6.04 Å². The zero-order valence-electron chi connectivity index (χ0n) is 16.1. The van der Waals surface area contributed by atoms with Gasteiger partial charge in [-0.15, -0.1) is 0 Å². The van der Waals surface area contributed by atoms with Gasteiger partial charge in [-0.1, -0.05) is 19.1 Å². The number of hydrogen-bond donors (Lipinski definition) is 0. The van der Waals surface area contributed by atoms with Gasteiger partial charge in [-0.25, -0.2) is 0 Å². The van der Waals surface area contributed by atoms with Crippen LogP contribution in [0, 0.1) is 0 Å². The summed E-state index contributed by atoms with van der Waals surface area (Å²) in [6.45, 7) is 7.21. The molecular formula is C22H29N3O2. The summed E-state index contributed by atoms with van der Waals surface area (Å²) in [7, 11) is 0. The maximum atomic E-state index is 12.1. The Morgan fingerprint density at radius 1 is 1.07 bits per heavy atom. The standard InChI is InChI=1S/C22H29N3O2/c1-2-20-21-6-5-13-23(21)14-15-25(20)16-18-7-9-19(10-8-18)27-17-22(26)24-11-3-4-12-24/h5-10,13,20H,2-4,11-12,14-17H2,1H3/t20-/m0/s1. The zero-order valence-corrected chi connectivity index (χ0v) is 16.1. The number of carbonyl (C=O) groups is 1. The summed E-state index contributed by atoms with van der Waals surface area (Å²) in [6.07, 6.45) is 5.52. The number of aromatic nitrogens is 1. The van der Waals surface area contributed by atoms with Crippen LogP contribution in [0.1, 0.15) is 43.5 Å². The molecule has 144 valence electrons. The van der Waals surface area contributed by atoms with Gasteiger partial charge in [0.1, 0.15) is 5.75 Å². The largest absolute Gasteiger partial charge is 0.484 e. The third kappa shape index (κ3) is 4.03. The Morgan fingerprint density at radius 3 is 2.59 bits per heavy atom. The molecule has 1 saturated heterocycles. The Morgan fingerprint density at radius 2 is 1.85 bits per heavy atom. The molecule has 5 nitrogen and oxygen atoms in total. The predicted molar refractivity (Wildman–Crippen MR) is 106 cm³/mol. The van der Waals surface area contributed by atoms with Crippen LogP contribution < -0.4 is 4.74 Å². The van der Waals surface area contributed by atoms with Gasteiger partial charge in [0.25, 0.3) is 5.91 Å². The molecule has 1 atom stereocenters. The lowest BCUT2D eigenvalue weighted by Gasteiger charge is -2.36. The smallest absolute Gasteiger partial charge is 0.260 e. The van der Waals surface area contributed by atoms with Crippen molar-refractivity contribution >= 4 is 5.91 Å². The summed E-state index contributed by atoms with van der Waals surface area (Å²) < 4.78 is 8.07. The zero-order chi connectivity index (χ0) is 18.6. The van der Waals surface area contributed by atoms with Gasteiger partial charge < -0.3 is 14.2 Å². The molecule has 0 bridgehead atoms. The Hall–Kier alpha value is -2.27. The molecular weight excluding hydrogens is 338 g/mol. The quantitative estimate of drug-likeness (QED) is 0.785. The molecule has 5 heteroatoms. The van der Waals surface area contributed by atoms with E-state index in [9.17, 15) is 4.79 Å². The molecule has 4 rings (SSSR count). The number of benzene rings is 1. The summed E-state index contributed by atoms with van der Waals surface area (Å²) in [4.78, 5) is 16.5. The molecule has 0 unspecified atom stereocenters. The summed E-state index contributed by atoms with van der Waals surface area (Å²) in [5.74, 6) is 0.865. The molecule has 2 aliphatic heterocycles. The van der Waals surface area contributed by atoms with E-state index >= 15 is 0 Å². The first-order valence-corrected chi connectivity index (χ1v) is 10.1. The molecule has 0 radical (unpaired) electrons. The van der Waals surface area contributed by atoms with Crippen LogP contribution in [0.5, 0.6) is 5.75 Å². The molecule has 1 fully saturated rings. The Kier molecular flexibility index (Phi) is 5.48. The topological polar surface area (TPSA) is 37.7 Å². The second-order valence-electron chi connectivity index (χ2n) is 7.54. The Bertz CT molecular complexity index is 762. The number of fused-ring (bicyclic) bond motifs is 1. The second kappa shape index (κ2) is 8.17.